The molecule has 0 saturated carbocycles. The maximum atomic E-state index is 15.3. The van der Waals surface area contributed by atoms with E-state index >= 15 is 28.8 Å². The first-order chi connectivity index (χ1) is 44.5. The summed E-state index contributed by atoms with van der Waals surface area (Å²) in [7, 11) is 9.92. The molecule has 2 fully saturated rings. The van der Waals surface area contributed by atoms with E-state index in [4.69, 9.17) is 9.47 Å². The molecule has 2 unspecified atom stereocenters. The van der Waals surface area contributed by atoms with Crippen LogP contribution in [0.1, 0.15) is 164 Å². The summed E-state index contributed by atoms with van der Waals surface area (Å²) in [5, 5.41) is 23.4. The second kappa shape index (κ2) is 39.4. The minimum atomic E-state index is -1.64. The van der Waals surface area contributed by atoms with Gasteiger partial charge in [-0.25, -0.2) is 0 Å². The number of aliphatic hydroxyl groups excluding tert-OH is 1. The predicted octanol–water partition coefficient (Wildman–Crippen LogP) is 3.37. The zero-order valence-electron chi connectivity index (χ0n) is 63.2. The normalized spacial score (nSPS) is 28.3. The Kier molecular flexibility index (Phi) is 35.2. The minimum Gasteiger partial charge on any atom is -0.390 e. The van der Waals surface area contributed by atoms with Gasteiger partial charge in [0.05, 0.1) is 32.0 Å². The van der Waals surface area contributed by atoms with Crippen molar-refractivity contribution in [3.05, 3.63) is 12.2 Å². The molecule has 5 N–H and O–H groups in total. The third-order valence-corrected chi connectivity index (χ3v) is 18.9. The van der Waals surface area contributed by atoms with E-state index in [1.807, 2.05) is 47.6 Å². The average molecular weight is 1360 g/mol. The molecule has 2 aliphatic rings. The van der Waals surface area contributed by atoms with Gasteiger partial charge in [0.25, 0.3) is 0 Å². The van der Waals surface area contributed by atoms with E-state index in [-0.39, 0.29) is 68.8 Å². The summed E-state index contributed by atoms with van der Waals surface area (Å²) in [4.78, 5) is 174. The topological polar surface area (TPSA) is 300 Å². The molecule has 0 aromatic carbocycles. The maximum Gasteiger partial charge on any atom is 0.246 e. The van der Waals surface area contributed by atoms with Crippen molar-refractivity contribution < 1.29 is 67.3 Å². The number of nitrogens with one attached hydrogen (secondary N) is 4. The quantitative estimate of drug-likeness (QED) is 0.116. The van der Waals surface area contributed by atoms with E-state index in [2.05, 4.69) is 40.0 Å². The average Bonchev–Trinajstić information content (AvgIpc) is 0.802. The van der Waals surface area contributed by atoms with Crippen LogP contribution in [0.5, 0.6) is 0 Å². The highest BCUT2D eigenvalue weighted by Gasteiger charge is 2.47. The largest absolute Gasteiger partial charge is 0.390 e. The first kappa shape index (κ1) is 85.8. The second-order valence-electron chi connectivity index (χ2n) is 29.4. The predicted molar refractivity (Wildman–Crippen MR) is 370 cm³/mol. The zero-order chi connectivity index (χ0) is 73.8. The number of allylic oxidation sites excluding steroid dienone is 2. The first-order valence-corrected chi connectivity index (χ1v) is 34.8. The van der Waals surface area contributed by atoms with Crippen LogP contribution in [0.2, 0.25) is 0 Å². The lowest BCUT2D eigenvalue weighted by Gasteiger charge is -2.41. The van der Waals surface area contributed by atoms with Crippen molar-refractivity contribution in [2.45, 2.75) is 248 Å². The molecular weight excluding hydrogens is 1230 g/mol. The minimum absolute atomic E-state index is 0.0115. The van der Waals surface area contributed by atoms with Crippen molar-refractivity contribution in [3.8, 4) is 0 Å². The SMILES string of the molecule is C/C=C/C[C@@H](C)[C@@H](O)C1C(=O)N[C@@H](CC)C(=O)N(C)[C@H](C)C(=O)N(C)[C@@H]([C@H](C)COC[C@@H]2CN(C(C)C)CCO2)C(=O)N[C@@H](C(C)C)C(=O)N(C)[C@@H](CC(C)C)C(=O)N[C@@H](C)C(=O)N[C@H](C)C(=O)N(C)[C@@H](CC(C)C)C(=O)N(C)[C@@H](CC(C)C)C(=O)N(C)C(C(C)C)C(=O)N1C. The molecule has 96 heavy (non-hydrogen) atoms. The summed E-state index contributed by atoms with van der Waals surface area (Å²) < 4.78 is 12.3. The van der Waals surface area contributed by atoms with Crippen molar-refractivity contribution in [1.29, 1.82) is 0 Å². The molecule has 0 radical (unpaired) electrons. The highest BCUT2D eigenvalue weighted by molar-refractivity contribution is 6.00. The standard InChI is InChI=1S/C70H126N12O14/c1-27-29-30-45(15)59(83)58-63(87)73-51(28-2)66(90)75(20)49(19)65(89)80(25)57(46(16)37-95-38-50-36-82(44(13)14)31-32-96-50)62(86)74-55(42(9)10)69(93)76(21)52(33-39(3)4)61(85)71-47(17)60(84)72-48(18)64(88)77(22)53(34-40(5)6)67(91)78(23)54(35-41(7)8)68(92)79(24)56(43(11)12)70(94)81(58)26/h27,29,39-59,83H,28,30-38H2,1-26H3,(H,71,85)(H,72,84)(H,73,87)(H,74,86)/b29-27+/t45-,46-,47+,48-,49-,50+,51+,52+,53+,54+,55+,56?,57+,58?,59-/m1/s1. The number of carbonyl (C=O) groups is 11. The number of hydrogen-bond donors (Lipinski definition) is 5. The Labute approximate surface area is 574 Å². The van der Waals surface area contributed by atoms with Crippen LogP contribution in [-0.2, 0) is 62.2 Å². The van der Waals surface area contributed by atoms with Crippen molar-refractivity contribution in [2.24, 2.45) is 41.4 Å². The third kappa shape index (κ3) is 23.5. The summed E-state index contributed by atoms with van der Waals surface area (Å²) >= 11 is 0. The fraction of sp³-hybridized carbons (Fsp3) is 0.814. The fourth-order valence-electron chi connectivity index (χ4n) is 12.6. The number of ether oxygens (including phenoxy) is 2. The summed E-state index contributed by atoms with van der Waals surface area (Å²) in [6.07, 6.45) is 2.48. The van der Waals surface area contributed by atoms with E-state index in [0.717, 1.165) is 16.3 Å². The van der Waals surface area contributed by atoms with Gasteiger partial charge in [-0.15, -0.1) is 0 Å². The molecule has 11 amide bonds. The van der Waals surface area contributed by atoms with Crippen molar-refractivity contribution in [2.75, 3.05) is 82.2 Å². The van der Waals surface area contributed by atoms with Crippen LogP contribution in [0, 0.1) is 41.4 Å². The molecule has 15 atom stereocenters. The Morgan fingerprint density at radius 2 is 1.00 bits per heavy atom. The van der Waals surface area contributed by atoms with Gasteiger partial charge in [0.2, 0.25) is 65.0 Å². The van der Waals surface area contributed by atoms with E-state index in [0.29, 0.717) is 19.6 Å². The molecule has 0 aliphatic carbocycles. The third-order valence-electron chi connectivity index (χ3n) is 18.9. The zero-order valence-corrected chi connectivity index (χ0v) is 63.2. The molecule has 2 aliphatic heterocycles. The number of carbonyl (C=O) groups excluding carboxylic acids is 11. The molecule has 0 bridgehead atoms. The van der Waals surface area contributed by atoms with Gasteiger partial charge in [-0.05, 0) is 109 Å². The van der Waals surface area contributed by atoms with Gasteiger partial charge in [0, 0.05) is 74.4 Å². The van der Waals surface area contributed by atoms with Gasteiger partial charge in [0.1, 0.15) is 66.5 Å². The number of rotatable bonds is 19. The number of amides is 11. The maximum absolute atomic E-state index is 15.3. The smallest absolute Gasteiger partial charge is 0.246 e. The molecule has 2 saturated heterocycles. The van der Waals surface area contributed by atoms with E-state index < -0.39 is 161 Å². The van der Waals surface area contributed by atoms with Gasteiger partial charge in [0.15, 0.2) is 0 Å². The molecule has 550 valence electrons. The molecule has 0 aromatic heterocycles. The monoisotopic (exact) mass is 1360 g/mol. The lowest BCUT2D eigenvalue weighted by atomic mass is 9.91. The summed E-state index contributed by atoms with van der Waals surface area (Å²) in [5.74, 6) is -10.8. The molecule has 0 spiro atoms. The van der Waals surface area contributed by atoms with Crippen molar-refractivity contribution >= 4 is 65.0 Å². The Bertz CT molecular complexity index is 2640. The van der Waals surface area contributed by atoms with Crippen molar-refractivity contribution in [1.82, 2.24) is 60.5 Å². The van der Waals surface area contributed by atoms with Gasteiger partial charge in [-0.3, -0.25) is 57.6 Å². The van der Waals surface area contributed by atoms with E-state index in [1.165, 1.54) is 94.6 Å². The fourth-order valence-corrected chi connectivity index (χ4v) is 12.6. The van der Waals surface area contributed by atoms with Crippen LogP contribution < -0.4 is 21.3 Å². The lowest BCUT2D eigenvalue weighted by molar-refractivity contribution is -0.157. The Morgan fingerprint density at radius 1 is 0.521 bits per heavy atom. The second-order valence-corrected chi connectivity index (χ2v) is 29.4. The van der Waals surface area contributed by atoms with Crippen LogP contribution in [0.25, 0.3) is 0 Å². The van der Waals surface area contributed by atoms with Gasteiger partial charge in [-0.2, -0.15) is 0 Å². The van der Waals surface area contributed by atoms with E-state index in [1.54, 1.807) is 61.5 Å². The van der Waals surface area contributed by atoms with Gasteiger partial charge >= 0.3 is 0 Å². The number of aliphatic hydroxyl groups is 1. The van der Waals surface area contributed by atoms with Gasteiger partial charge in [-0.1, -0.05) is 102 Å². The summed E-state index contributed by atoms with van der Waals surface area (Å²) in [5.41, 5.74) is 0. The lowest BCUT2D eigenvalue weighted by Crippen LogP contribution is -2.64. The number of likely N-dealkylation sites (N-methyl/N-ethyl adjacent to an activating group) is 7. The van der Waals surface area contributed by atoms with Crippen LogP contribution in [0.15, 0.2) is 12.2 Å². The molecular formula is C70H126N12O14. The molecule has 2 rings (SSSR count). The van der Waals surface area contributed by atoms with Crippen LogP contribution in [0.4, 0.5) is 0 Å². The molecule has 26 heteroatoms. The Hall–Kier alpha value is -6.25. The molecule has 2 heterocycles. The van der Waals surface area contributed by atoms with Crippen LogP contribution in [0.3, 0.4) is 0 Å². The Balaban J connectivity index is 3.04. The first-order valence-electron chi connectivity index (χ1n) is 34.8. The number of morpholine rings is 1. The number of hydrogen-bond acceptors (Lipinski definition) is 15. The van der Waals surface area contributed by atoms with E-state index in [9.17, 15) is 29.1 Å². The molecule has 0 aromatic rings. The van der Waals surface area contributed by atoms with Crippen LogP contribution >= 0.6 is 0 Å². The Morgan fingerprint density at radius 3 is 1.50 bits per heavy atom. The van der Waals surface area contributed by atoms with Gasteiger partial charge < -0.3 is 70.1 Å². The van der Waals surface area contributed by atoms with Crippen LogP contribution in [-0.4, -0.2) is 276 Å². The molecule has 26 nitrogen and oxygen atoms in total. The summed E-state index contributed by atoms with van der Waals surface area (Å²) in [6.45, 7) is 35.5. The highest BCUT2D eigenvalue weighted by Crippen LogP contribution is 2.26. The van der Waals surface area contributed by atoms with Crippen molar-refractivity contribution in [3.63, 3.8) is 0 Å². The highest BCUT2D eigenvalue weighted by atomic mass is 16.5. The number of nitrogens with zero attached hydrogens (tertiary/aromatic N) is 8. The summed E-state index contributed by atoms with van der Waals surface area (Å²) in [6, 6.07) is -13.9.